The molecule has 1 amide bonds. The Morgan fingerprint density at radius 1 is 1.07 bits per heavy atom. The number of carbonyl (C=O) groups excluding carboxylic acids is 2. The van der Waals surface area contributed by atoms with E-state index >= 15 is 0 Å². The van der Waals surface area contributed by atoms with Crippen LogP contribution in [-0.2, 0) is 9.59 Å². The van der Waals surface area contributed by atoms with Crippen molar-refractivity contribution in [1.29, 1.82) is 0 Å². The van der Waals surface area contributed by atoms with Gasteiger partial charge in [0.05, 0.1) is 0 Å². The van der Waals surface area contributed by atoms with Crippen molar-refractivity contribution in [2.45, 2.75) is 86.0 Å². The molecular weight excluding hydrogens is 358 g/mol. The van der Waals surface area contributed by atoms with Crippen molar-refractivity contribution >= 4 is 11.7 Å². The van der Waals surface area contributed by atoms with Crippen LogP contribution in [0.3, 0.4) is 0 Å². The fraction of sp³-hybridized carbons (Fsp3) is 0.846. The second-order valence-electron chi connectivity index (χ2n) is 11.0. The summed E-state index contributed by atoms with van der Waals surface area (Å²) in [5.41, 5.74) is 2.02. The van der Waals surface area contributed by atoms with E-state index < -0.39 is 0 Å². The largest absolute Gasteiger partial charge is 0.343 e. The second kappa shape index (κ2) is 7.54. The first-order chi connectivity index (χ1) is 13.8. The van der Waals surface area contributed by atoms with Crippen molar-refractivity contribution in [3.63, 3.8) is 0 Å². The number of nitrogens with zero attached hydrogens (tertiary/aromatic N) is 1. The smallest absolute Gasteiger partial charge is 0.225 e. The fourth-order valence-corrected chi connectivity index (χ4v) is 8.42. The molecule has 0 heterocycles. The highest BCUT2D eigenvalue weighted by Crippen LogP contribution is 2.67. The van der Waals surface area contributed by atoms with E-state index in [0.717, 1.165) is 50.1 Å². The average Bonchev–Trinajstić information content (AvgIpc) is 3.06. The minimum Gasteiger partial charge on any atom is -0.343 e. The van der Waals surface area contributed by atoms with Crippen molar-refractivity contribution < 1.29 is 9.59 Å². The summed E-state index contributed by atoms with van der Waals surface area (Å²) in [6, 6.07) is 0. The molecule has 0 bridgehead atoms. The van der Waals surface area contributed by atoms with Gasteiger partial charge < -0.3 is 4.90 Å². The summed E-state index contributed by atoms with van der Waals surface area (Å²) in [6.45, 7) is 13.0. The van der Waals surface area contributed by atoms with Crippen LogP contribution in [0.25, 0.3) is 0 Å². The van der Waals surface area contributed by atoms with Crippen LogP contribution < -0.4 is 0 Å². The molecule has 162 valence electrons. The third-order valence-corrected chi connectivity index (χ3v) is 10.1. The van der Waals surface area contributed by atoms with Crippen LogP contribution in [-0.4, -0.2) is 29.7 Å². The first-order valence-corrected chi connectivity index (χ1v) is 12.3. The van der Waals surface area contributed by atoms with Gasteiger partial charge in [-0.05, 0) is 99.4 Å². The van der Waals surface area contributed by atoms with Gasteiger partial charge in [-0.25, -0.2) is 0 Å². The number of fused-ring (bicyclic) bond motifs is 5. The fourth-order valence-electron chi connectivity index (χ4n) is 8.42. The summed E-state index contributed by atoms with van der Waals surface area (Å²) >= 11 is 0. The number of carbonyl (C=O) groups is 2. The molecule has 0 spiro atoms. The van der Waals surface area contributed by atoms with Gasteiger partial charge in [-0.15, -0.1) is 0 Å². The number of rotatable bonds is 4. The monoisotopic (exact) mass is 399 g/mol. The SMILES string of the molecule is CCN(CC)C(=O)C(C)[C@H]1CC[C@H]2[C@@H]3CCC4=CC(=O)CC[C@]4(C)[C@H]3CC[C@]12C. The summed E-state index contributed by atoms with van der Waals surface area (Å²) in [5.74, 6) is 3.67. The number of hydrogen-bond donors (Lipinski definition) is 0. The maximum atomic E-state index is 13.1. The normalized spacial score (nSPS) is 42.4. The number of hydrogen-bond acceptors (Lipinski definition) is 2. The van der Waals surface area contributed by atoms with Gasteiger partial charge in [0.15, 0.2) is 5.78 Å². The topological polar surface area (TPSA) is 37.4 Å². The summed E-state index contributed by atoms with van der Waals surface area (Å²) < 4.78 is 0. The van der Waals surface area contributed by atoms with Gasteiger partial charge in [-0.1, -0.05) is 26.3 Å². The lowest BCUT2D eigenvalue weighted by molar-refractivity contribution is -0.139. The quantitative estimate of drug-likeness (QED) is 0.613. The van der Waals surface area contributed by atoms with Gasteiger partial charge in [0.25, 0.3) is 0 Å². The molecule has 3 nitrogen and oxygen atoms in total. The minimum atomic E-state index is 0.142. The van der Waals surface area contributed by atoms with E-state index in [1.165, 1.54) is 37.7 Å². The highest BCUT2D eigenvalue weighted by molar-refractivity contribution is 5.91. The van der Waals surface area contributed by atoms with E-state index in [1.54, 1.807) is 0 Å². The van der Waals surface area contributed by atoms with Crippen LogP contribution in [0.15, 0.2) is 11.6 Å². The molecule has 4 aliphatic carbocycles. The molecule has 7 atom stereocenters. The molecule has 0 N–H and O–H groups in total. The van der Waals surface area contributed by atoms with Crippen molar-refractivity contribution in [2.24, 2.45) is 40.4 Å². The Hall–Kier alpha value is -1.12. The Kier molecular flexibility index (Phi) is 5.49. The minimum absolute atomic E-state index is 0.142. The van der Waals surface area contributed by atoms with Gasteiger partial charge >= 0.3 is 0 Å². The third-order valence-electron chi connectivity index (χ3n) is 10.1. The van der Waals surface area contributed by atoms with E-state index in [9.17, 15) is 9.59 Å². The zero-order valence-electron chi connectivity index (χ0n) is 19.3. The molecule has 3 saturated carbocycles. The molecule has 4 rings (SSSR count). The number of allylic oxidation sites excluding steroid dienone is 1. The predicted octanol–water partition coefficient (Wildman–Crippen LogP) is 5.64. The van der Waals surface area contributed by atoms with Crippen LogP contribution in [0.1, 0.15) is 86.0 Å². The molecular formula is C26H41NO2. The molecule has 3 heteroatoms. The first kappa shape index (κ1) is 21.1. The molecule has 0 aromatic carbocycles. The highest BCUT2D eigenvalue weighted by Gasteiger charge is 2.60. The van der Waals surface area contributed by atoms with E-state index in [-0.39, 0.29) is 11.3 Å². The van der Waals surface area contributed by atoms with Crippen LogP contribution in [0.4, 0.5) is 0 Å². The molecule has 0 aromatic heterocycles. The van der Waals surface area contributed by atoms with E-state index in [2.05, 4.69) is 34.6 Å². The van der Waals surface area contributed by atoms with E-state index in [1.807, 2.05) is 11.0 Å². The van der Waals surface area contributed by atoms with E-state index in [0.29, 0.717) is 23.0 Å². The van der Waals surface area contributed by atoms with Crippen molar-refractivity contribution in [2.75, 3.05) is 13.1 Å². The Balaban J connectivity index is 1.57. The standard InChI is InChI=1S/C26H41NO2/c1-6-27(7-2)24(29)17(3)21-10-11-22-20-9-8-18-16-19(28)12-14-25(18,4)23(20)13-15-26(21,22)5/h16-17,20-23H,6-15H2,1-5H3/t17?,20-,21+,22-,23-,25-,26+/m0/s1. The first-order valence-electron chi connectivity index (χ1n) is 12.3. The molecule has 0 radical (unpaired) electrons. The number of amides is 1. The summed E-state index contributed by atoms with van der Waals surface area (Å²) in [7, 11) is 0. The van der Waals surface area contributed by atoms with Gasteiger partial charge in [0, 0.05) is 25.4 Å². The lowest BCUT2D eigenvalue weighted by Gasteiger charge is -2.58. The third kappa shape index (κ3) is 3.13. The van der Waals surface area contributed by atoms with Crippen LogP contribution in [0.5, 0.6) is 0 Å². The van der Waals surface area contributed by atoms with E-state index in [4.69, 9.17) is 0 Å². The highest BCUT2D eigenvalue weighted by atomic mass is 16.2. The van der Waals surface area contributed by atoms with Crippen molar-refractivity contribution in [1.82, 2.24) is 4.90 Å². The van der Waals surface area contributed by atoms with Crippen molar-refractivity contribution in [3.05, 3.63) is 11.6 Å². The Bertz CT molecular complexity index is 707. The number of ketones is 1. The van der Waals surface area contributed by atoms with Gasteiger partial charge in [-0.2, -0.15) is 0 Å². The molecule has 3 fully saturated rings. The average molecular weight is 400 g/mol. The lowest BCUT2D eigenvalue weighted by Crippen LogP contribution is -2.51. The Morgan fingerprint density at radius 3 is 2.48 bits per heavy atom. The molecule has 0 aromatic rings. The molecule has 1 unspecified atom stereocenters. The van der Waals surface area contributed by atoms with Gasteiger partial charge in [-0.3, -0.25) is 9.59 Å². The summed E-state index contributed by atoms with van der Waals surface area (Å²) in [5, 5.41) is 0. The lowest BCUT2D eigenvalue weighted by atomic mass is 9.46. The summed E-state index contributed by atoms with van der Waals surface area (Å²) in [6.07, 6.45) is 11.2. The Labute approximate surface area is 177 Å². The molecule has 4 aliphatic rings. The molecule has 0 aliphatic heterocycles. The Morgan fingerprint density at radius 2 is 1.79 bits per heavy atom. The van der Waals surface area contributed by atoms with Gasteiger partial charge in [0.1, 0.15) is 0 Å². The summed E-state index contributed by atoms with van der Waals surface area (Å²) in [4.78, 5) is 27.2. The van der Waals surface area contributed by atoms with Crippen LogP contribution >= 0.6 is 0 Å². The predicted molar refractivity (Wildman–Crippen MR) is 117 cm³/mol. The van der Waals surface area contributed by atoms with Crippen LogP contribution in [0.2, 0.25) is 0 Å². The molecule has 0 saturated heterocycles. The second-order valence-corrected chi connectivity index (χ2v) is 11.0. The molecule has 29 heavy (non-hydrogen) atoms. The zero-order chi connectivity index (χ0) is 21.0. The van der Waals surface area contributed by atoms with Crippen molar-refractivity contribution in [3.8, 4) is 0 Å². The van der Waals surface area contributed by atoms with Crippen LogP contribution in [0, 0.1) is 40.4 Å². The zero-order valence-corrected chi connectivity index (χ0v) is 19.3. The van der Waals surface area contributed by atoms with Gasteiger partial charge in [0.2, 0.25) is 5.91 Å². The maximum absolute atomic E-state index is 13.1. The maximum Gasteiger partial charge on any atom is 0.225 e.